The second-order valence-electron chi connectivity index (χ2n) is 8.63. The molecule has 30 heavy (non-hydrogen) atoms. The van der Waals surface area contributed by atoms with Gasteiger partial charge in [-0.25, -0.2) is 14.4 Å². The number of fused-ring (bicyclic) bond motifs is 1. The van der Waals surface area contributed by atoms with Gasteiger partial charge in [0.25, 0.3) is 5.91 Å². The van der Waals surface area contributed by atoms with Crippen molar-refractivity contribution in [2.24, 2.45) is 12.5 Å². The molecule has 156 valence electrons. The second-order valence-corrected chi connectivity index (χ2v) is 9.04. The Hall–Kier alpha value is -2.74. The lowest BCUT2D eigenvalue weighted by Gasteiger charge is -2.70. The number of hydrogen-bond donors (Lipinski definition) is 1. The highest BCUT2D eigenvalue weighted by atomic mass is 35.5. The van der Waals surface area contributed by atoms with Gasteiger partial charge in [-0.15, -0.1) is 0 Å². The van der Waals surface area contributed by atoms with Gasteiger partial charge in [-0.05, 0) is 50.2 Å². The Morgan fingerprint density at radius 3 is 2.83 bits per heavy atom. The number of aryl methyl sites for hydroxylation is 2. The number of carbonyl (C=O) groups excluding carboxylic acids is 1. The summed E-state index contributed by atoms with van der Waals surface area (Å²) in [7, 11) is 1.89. The molecule has 9 heteroatoms. The minimum Gasteiger partial charge on any atom is -0.484 e. The maximum atomic E-state index is 13.5. The van der Waals surface area contributed by atoms with Crippen molar-refractivity contribution in [2.45, 2.75) is 38.1 Å². The summed E-state index contributed by atoms with van der Waals surface area (Å²) in [6.07, 6.45) is 5.22. The van der Waals surface area contributed by atoms with E-state index in [9.17, 15) is 9.18 Å². The lowest BCUT2D eigenvalue weighted by molar-refractivity contribution is -0.165. The van der Waals surface area contributed by atoms with Crippen LogP contribution in [0.4, 0.5) is 4.39 Å². The predicted octanol–water partition coefficient (Wildman–Crippen LogP) is 3.12. The summed E-state index contributed by atoms with van der Waals surface area (Å²) >= 11 is 5.65. The maximum absolute atomic E-state index is 13.5. The first-order valence-corrected chi connectivity index (χ1v) is 10.2. The normalized spacial score (nSPS) is 24.3. The Bertz CT molecular complexity index is 1160. The highest BCUT2D eigenvalue weighted by Gasteiger charge is 2.68. The largest absolute Gasteiger partial charge is 0.484 e. The van der Waals surface area contributed by atoms with Gasteiger partial charge in [0, 0.05) is 18.7 Å². The van der Waals surface area contributed by atoms with Gasteiger partial charge in [-0.3, -0.25) is 9.48 Å². The van der Waals surface area contributed by atoms with E-state index in [1.807, 2.05) is 14.0 Å². The Labute approximate surface area is 177 Å². The van der Waals surface area contributed by atoms with Gasteiger partial charge in [-0.1, -0.05) is 11.6 Å². The molecule has 3 aliphatic rings. The quantitative estimate of drug-likeness (QED) is 0.651. The van der Waals surface area contributed by atoms with Gasteiger partial charge >= 0.3 is 0 Å². The van der Waals surface area contributed by atoms with Crippen LogP contribution in [-0.2, 0) is 18.3 Å². The molecule has 2 heterocycles. The maximum Gasteiger partial charge on any atom is 0.258 e. The lowest BCUT2D eigenvalue weighted by Crippen LogP contribution is -2.75. The van der Waals surface area contributed by atoms with E-state index in [4.69, 9.17) is 16.3 Å². The zero-order chi connectivity index (χ0) is 21.1. The molecule has 3 saturated carbocycles. The van der Waals surface area contributed by atoms with E-state index in [-0.39, 0.29) is 34.2 Å². The van der Waals surface area contributed by atoms with Crippen molar-refractivity contribution in [3.8, 4) is 5.75 Å². The first kappa shape index (κ1) is 19.2. The monoisotopic (exact) mass is 429 g/mol. The SMILES string of the molecule is Cc1nn(C)c2ncnc(CC34CC(NC(=O)COc5ccc(Cl)c(F)c5)(C3)C4)c12. The summed E-state index contributed by atoms with van der Waals surface area (Å²) in [5.41, 5.74) is 2.84. The van der Waals surface area contributed by atoms with Crippen LogP contribution in [0.1, 0.15) is 30.7 Å². The van der Waals surface area contributed by atoms with Crippen LogP contribution in [0, 0.1) is 18.2 Å². The molecule has 2 bridgehead atoms. The Kier molecular flexibility index (Phi) is 4.25. The molecule has 6 rings (SSSR count). The van der Waals surface area contributed by atoms with Gasteiger partial charge < -0.3 is 10.1 Å². The minimum absolute atomic E-state index is 0.0217. The van der Waals surface area contributed by atoms with Crippen LogP contribution < -0.4 is 10.1 Å². The van der Waals surface area contributed by atoms with E-state index >= 15 is 0 Å². The summed E-state index contributed by atoms with van der Waals surface area (Å²) in [4.78, 5) is 21.2. The van der Waals surface area contributed by atoms with Crippen molar-refractivity contribution in [1.29, 1.82) is 0 Å². The topological polar surface area (TPSA) is 81.9 Å². The molecule has 0 radical (unpaired) electrons. The smallest absolute Gasteiger partial charge is 0.258 e. The second kappa shape index (κ2) is 6.63. The number of carbonyl (C=O) groups is 1. The summed E-state index contributed by atoms with van der Waals surface area (Å²) in [6.45, 7) is 1.82. The number of halogens is 2. The number of ether oxygens (including phenoxy) is 1. The molecule has 3 aliphatic carbocycles. The Morgan fingerprint density at radius 1 is 1.33 bits per heavy atom. The molecular weight excluding hydrogens is 409 g/mol. The van der Waals surface area contributed by atoms with Crippen LogP contribution in [0.15, 0.2) is 24.5 Å². The van der Waals surface area contributed by atoms with Gasteiger partial charge in [0.1, 0.15) is 17.9 Å². The first-order chi connectivity index (χ1) is 14.3. The summed E-state index contributed by atoms with van der Waals surface area (Å²) in [6, 6.07) is 4.12. The first-order valence-electron chi connectivity index (χ1n) is 9.80. The summed E-state index contributed by atoms with van der Waals surface area (Å²) < 4.78 is 20.6. The molecule has 3 fully saturated rings. The number of nitrogens with zero attached hydrogens (tertiary/aromatic N) is 4. The molecule has 0 atom stereocenters. The van der Waals surface area contributed by atoms with E-state index in [2.05, 4.69) is 20.4 Å². The molecular formula is C21H21ClFN5O2. The molecule has 1 N–H and O–H groups in total. The average molecular weight is 430 g/mol. The Morgan fingerprint density at radius 2 is 2.10 bits per heavy atom. The fourth-order valence-electron chi connectivity index (χ4n) is 5.20. The van der Waals surface area contributed by atoms with Crippen molar-refractivity contribution < 1.29 is 13.9 Å². The molecule has 2 aromatic heterocycles. The number of hydrogen-bond acceptors (Lipinski definition) is 5. The van der Waals surface area contributed by atoms with Crippen molar-refractivity contribution in [1.82, 2.24) is 25.1 Å². The molecule has 7 nitrogen and oxygen atoms in total. The van der Waals surface area contributed by atoms with E-state index in [1.54, 1.807) is 11.0 Å². The fraction of sp³-hybridized carbons (Fsp3) is 0.429. The number of nitrogens with one attached hydrogen (secondary N) is 1. The minimum atomic E-state index is -0.571. The fourth-order valence-corrected chi connectivity index (χ4v) is 5.32. The van der Waals surface area contributed by atoms with Crippen LogP contribution in [0.2, 0.25) is 5.02 Å². The van der Waals surface area contributed by atoms with E-state index < -0.39 is 5.82 Å². The number of benzene rings is 1. The van der Waals surface area contributed by atoms with Crippen LogP contribution in [-0.4, -0.2) is 37.8 Å². The Balaban J connectivity index is 1.18. The third-order valence-electron chi connectivity index (χ3n) is 6.22. The van der Waals surface area contributed by atoms with Crippen LogP contribution in [0.25, 0.3) is 11.0 Å². The van der Waals surface area contributed by atoms with Gasteiger partial charge in [-0.2, -0.15) is 5.10 Å². The highest BCUT2D eigenvalue weighted by molar-refractivity contribution is 6.30. The average Bonchev–Trinajstić information content (AvgIpc) is 2.95. The molecule has 1 amide bonds. The van der Waals surface area contributed by atoms with Gasteiger partial charge in [0.2, 0.25) is 0 Å². The summed E-state index contributed by atoms with van der Waals surface area (Å²) in [5, 5.41) is 8.60. The number of aromatic nitrogens is 4. The molecule has 1 aromatic carbocycles. The van der Waals surface area contributed by atoms with E-state index in [0.29, 0.717) is 0 Å². The standard InChI is InChI=1S/C21H21ClFN5O2/c1-12-18-16(24-11-25-19(18)28(2)27-12)6-20-8-21(9-20,10-20)26-17(29)7-30-13-3-4-14(22)15(23)5-13/h3-5,11H,6-10H2,1-2H3,(H,26,29). The van der Waals surface area contributed by atoms with Crippen LogP contribution in [0.5, 0.6) is 5.75 Å². The van der Waals surface area contributed by atoms with Crippen molar-refractivity contribution >= 4 is 28.5 Å². The van der Waals surface area contributed by atoms with Gasteiger partial charge in [0.05, 0.1) is 21.8 Å². The van der Waals surface area contributed by atoms with E-state index in [1.165, 1.54) is 18.2 Å². The zero-order valence-corrected chi connectivity index (χ0v) is 17.5. The molecule has 0 saturated heterocycles. The van der Waals surface area contributed by atoms with Crippen LogP contribution >= 0.6 is 11.6 Å². The molecule has 0 spiro atoms. The van der Waals surface area contributed by atoms with Gasteiger partial charge in [0.15, 0.2) is 12.3 Å². The van der Waals surface area contributed by atoms with E-state index in [0.717, 1.165) is 48.1 Å². The third-order valence-corrected chi connectivity index (χ3v) is 6.53. The predicted molar refractivity (Wildman–Crippen MR) is 109 cm³/mol. The molecule has 3 aromatic rings. The summed E-state index contributed by atoms with van der Waals surface area (Å²) in [5.74, 6) is -0.495. The van der Waals surface area contributed by atoms with Crippen molar-refractivity contribution in [2.75, 3.05) is 6.61 Å². The molecule has 0 unspecified atom stereocenters. The van der Waals surface area contributed by atoms with Crippen LogP contribution in [0.3, 0.4) is 0 Å². The number of amides is 1. The van der Waals surface area contributed by atoms with Crippen molar-refractivity contribution in [3.63, 3.8) is 0 Å². The lowest BCUT2D eigenvalue weighted by atomic mass is 9.38. The van der Waals surface area contributed by atoms with Crippen molar-refractivity contribution in [3.05, 3.63) is 46.8 Å². The number of rotatable bonds is 6. The highest BCUT2D eigenvalue weighted by Crippen LogP contribution is 2.68. The molecule has 0 aliphatic heterocycles. The third kappa shape index (κ3) is 3.10. The zero-order valence-electron chi connectivity index (χ0n) is 16.7.